The van der Waals surface area contributed by atoms with Gasteiger partial charge in [-0.05, 0) is 55.6 Å². The Hall–Kier alpha value is -5.67. The molecule has 0 fully saturated rings. The number of aromatic nitrogens is 3. The second kappa shape index (κ2) is 10.1. The Morgan fingerprint density at radius 2 is 0.857 bits per heavy atom. The summed E-state index contributed by atoms with van der Waals surface area (Å²) in [6, 6.07) is 52.8. The van der Waals surface area contributed by atoms with Crippen molar-refractivity contribution in [1.82, 2.24) is 15.0 Å². The van der Waals surface area contributed by atoms with Crippen LogP contribution in [-0.2, 0) is 0 Å². The van der Waals surface area contributed by atoms with Gasteiger partial charge in [-0.2, -0.15) is 0 Å². The molecule has 3 nitrogen and oxygen atoms in total. The Morgan fingerprint density at radius 3 is 1.64 bits per heavy atom. The van der Waals surface area contributed by atoms with Gasteiger partial charge in [0.25, 0.3) is 0 Å². The van der Waals surface area contributed by atoms with Crippen LogP contribution in [0.1, 0.15) is 0 Å². The number of benzene rings is 7. The fraction of sp³-hybridized carbons (Fsp3) is 0. The molecule has 1 heterocycles. The second-order valence-electron chi connectivity index (χ2n) is 10.5. The number of rotatable bonds is 4. The lowest BCUT2D eigenvalue weighted by Crippen LogP contribution is -2.01. The lowest BCUT2D eigenvalue weighted by molar-refractivity contribution is 1.08. The van der Waals surface area contributed by atoms with Crippen molar-refractivity contribution in [2.75, 3.05) is 0 Å². The highest BCUT2D eigenvalue weighted by Crippen LogP contribution is 2.38. The third-order valence-corrected chi connectivity index (χ3v) is 7.88. The first-order chi connectivity index (χ1) is 20.8. The molecule has 8 aromatic rings. The zero-order chi connectivity index (χ0) is 27.9. The normalized spacial score (nSPS) is 11.3. The second-order valence-corrected chi connectivity index (χ2v) is 10.5. The Labute approximate surface area is 243 Å². The highest BCUT2D eigenvalue weighted by molar-refractivity contribution is 6.23. The van der Waals surface area contributed by atoms with Gasteiger partial charge in [0.1, 0.15) is 0 Å². The van der Waals surface area contributed by atoms with Gasteiger partial charge in [-0.15, -0.1) is 0 Å². The predicted molar refractivity (Wildman–Crippen MR) is 174 cm³/mol. The molecule has 7 aromatic carbocycles. The summed E-state index contributed by atoms with van der Waals surface area (Å²) in [6.45, 7) is 0. The molecule has 0 amide bonds. The minimum absolute atomic E-state index is 0.652. The van der Waals surface area contributed by atoms with Crippen LogP contribution in [0.15, 0.2) is 152 Å². The summed E-state index contributed by atoms with van der Waals surface area (Å²) in [7, 11) is 0. The Morgan fingerprint density at radius 1 is 0.310 bits per heavy atom. The molecule has 42 heavy (non-hydrogen) atoms. The lowest BCUT2D eigenvalue weighted by Gasteiger charge is -2.14. The highest BCUT2D eigenvalue weighted by Gasteiger charge is 2.17. The molecule has 0 aliphatic carbocycles. The van der Waals surface area contributed by atoms with E-state index in [9.17, 15) is 0 Å². The van der Waals surface area contributed by atoms with Gasteiger partial charge in [0.2, 0.25) is 0 Å². The maximum absolute atomic E-state index is 5.13. The molecule has 0 aliphatic rings. The Bertz CT molecular complexity index is 2240. The predicted octanol–water partition coefficient (Wildman–Crippen LogP) is 10.00. The number of hydrogen-bond acceptors (Lipinski definition) is 3. The van der Waals surface area contributed by atoms with E-state index in [1.54, 1.807) is 0 Å². The summed E-state index contributed by atoms with van der Waals surface area (Å²) in [4.78, 5) is 15.2. The van der Waals surface area contributed by atoms with Crippen molar-refractivity contribution in [1.29, 1.82) is 0 Å². The average molecular weight is 536 g/mol. The van der Waals surface area contributed by atoms with Crippen LogP contribution in [-0.4, -0.2) is 15.0 Å². The molecule has 0 radical (unpaired) electrons. The van der Waals surface area contributed by atoms with E-state index in [0.29, 0.717) is 17.5 Å². The fourth-order valence-electron chi connectivity index (χ4n) is 5.87. The summed E-state index contributed by atoms with van der Waals surface area (Å²) < 4.78 is 0. The molecule has 1 aromatic heterocycles. The molecule has 8 rings (SSSR count). The first-order valence-electron chi connectivity index (χ1n) is 14.1. The van der Waals surface area contributed by atoms with Crippen LogP contribution < -0.4 is 0 Å². The van der Waals surface area contributed by atoms with E-state index in [0.717, 1.165) is 38.6 Å². The largest absolute Gasteiger partial charge is 0.208 e. The molecular weight excluding hydrogens is 510 g/mol. The van der Waals surface area contributed by atoms with E-state index >= 15 is 0 Å². The van der Waals surface area contributed by atoms with Crippen molar-refractivity contribution in [3.63, 3.8) is 0 Å². The van der Waals surface area contributed by atoms with Crippen molar-refractivity contribution in [2.24, 2.45) is 0 Å². The smallest absolute Gasteiger partial charge is 0.164 e. The quantitative estimate of drug-likeness (QED) is 0.211. The van der Waals surface area contributed by atoms with Crippen LogP contribution >= 0.6 is 0 Å². The van der Waals surface area contributed by atoms with E-state index in [1.165, 1.54) is 21.5 Å². The van der Waals surface area contributed by atoms with Crippen LogP contribution in [0, 0.1) is 0 Å². The van der Waals surface area contributed by atoms with E-state index in [-0.39, 0.29) is 0 Å². The van der Waals surface area contributed by atoms with Crippen molar-refractivity contribution in [2.45, 2.75) is 0 Å². The average Bonchev–Trinajstić information content (AvgIpc) is 3.08. The maximum Gasteiger partial charge on any atom is 0.164 e. The number of fused-ring (bicyclic) bond motifs is 5. The van der Waals surface area contributed by atoms with Gasteiger partial charge in [0.05, 0.1) is 0 Å². The van der Waals surface area contributed by atoms with Crippen LogP contribution in [0.5, 0.6) is 0 Å². The van der Waals surface area contributed by atoms with Gasteiger partial charge in [-0.25, -0.2) is 15.0 Å². The molecule has 0 spiro atoms. The summed E-state index contributed by atoms with van der Waals surface area (Å²) in [6.07, 6.45) is 0. The Balaban J connectivity index is 1.40. The number of nitrogens with zero attached hydrogens (tertiary/aromatic N) is 3. The summed E-state index contributed by atoms with van der Waals surface area (Å²) in [5.41, 5.74) is 5.18. The minimum atomic E-state index is 0.652. The van der Waals surface area contributed by atoms with Gasteiger partial charge in [-0.1, -0.05) is 140 Å². The molecular formula is C39H25N3. The molecule has 0 N–H and O–H groups in total. The summed E-state index contributed by atoms with van der Waals surface area (Å²) in [5.74, 6) is 1.97. The molecule has 0 saturated heterocycles. The standard InChI is InChI=1S/C39H25N3/c1-3-12-26(13-4-1)29-17-11-18-31(24-29)38-40-37(28-15-5-2-6-16-28)41-39(42-38)35-25-30-23-22-27-14-7-8-19-32(27)36(30)34-21-10-9-20-33(34)35/h1-25H. The SMILES string of the molecule is c1ccc(-c2cccc(-c3nc(-c4ccccc4)nc(-c4cc5ccc6ccccc6c5c5ccccc45)n3)c2)cc1. The third-order valence-electron chi connectivity index (χ3n) is 7.88. The van der Waals surface area contributed by atoms with Crippen LogP contribution in [0.25, 0.3) is 77.6 Å². The summed E-state index contributed by atoms with van der Waals surface area (Å²) >= 11 is 0. The van der Waals surface area contributed by atoms with Crippen LogP contribution in [0.2, 0.25) is 0 Å². The molecule has 0 unspecified atom stereocenters. The van der Waals surface area contributed by atoms with E-state index in [4.69, 9.17) is 15.0 Å². The van der Waals surface area contributed by atoms with Gasteiger partial charge in [-0.3, -0.25) is 0 Å². The zero-order valence-electron chi connectivity index (χ0n) is 22.8. The minimum Gasteiger partial charge on any atom is -0.208 e. The maximum atomic E-state index is 5.13. The van der Waals surface area contributed by atoms with Gasteiger partial charge in [0.15, 0.2) is 17.5 Å². The topological polar surface area (TPSA) is 38.7 Å². The monoisotopic (exact) mass is 535 g/mol. The van der Waals surface area contributed by atoms with E-state index in [1.807, 2.05) is 36.4 Å². The van der Waals surface area contributed by atoms with Gasteiger partial charge >= 0.3 is 0 Å². The Kier molecular flexibility index (Phi) is 5.79. The van der Waals surface area contributed by atoms with Crippen molar-refractivity contribution >= 4 is 32.3 Å². The molecule has 3 heteroatoms. The molecule has 0 bridgehead atoms. The van der Waals surface area contributed by atoms with Crippen molar-refractivity contribution in [3.05, 3.63) is 152 Å². The fourth-order valence-corrected chi connectivity index (χ4v) is 5.87. The molecule has 196 valence electrons. The van der Waals surface area contributed by atoms with E-state index < -0.39 is 0 Å². The third kappa shape index (κ3) is 4.20. The highest BCUT2D eigenvalue weighted by atomic mass is 15.0. The lowest BCUT2D eigenvalue weighted by atomic mass is 9.93. The van der Waals surface area contributed by atoms with Crippen LogP contribution in [0.4, 0.5) is 0 Å². The van der Waals surface area contributed by atoms with Crippen LogP contribution in [0.3, 0.4) is 0 Å². The molecule has 0 saturated carbocycles. The van der Waals surface area contributed by atoms with E-state index in [2.05, 4.69) is 115 Å². The summed E-state index contributed by atoms with van der Waals surface area (Å²) in [5, 5.41) is 7.20. The first-order valence-corrected chi connectivity index (χ1v) is 14.1. The van der Waals surface area contributed by atoms with Gasteiger partial charge < -0.3 is 0 Å². The van der Waals surface area contributed by atoms with Gasteiger partial charge in [0, 0.05) is 16.7 Å². The molecule has 0 aliphatic heterocycles. The number of hydrogen-bond donors (Lipinski definition) is 0. The zero-order valence-corrected chi connectivity index (χ0v) is 22.8. The molecule has 0 atom stereocenters. The van der Waals surface area contributed by atoms with Crippen molar-refractivity contribution < 1.29 is 0 Å². The first kappa shape index (κ1) is 24.2. The van der Waals surface area contributed by atoms with Crippen molar-refractivity contribution in [3.8, 4) is 45.3 Å².